The Labute approximate surface area is 117 Å². The summed E-state index contributed by atoms with van der Waals surface area (Å²) in [6.45, 7) is 6.17. The molecule has 0 radical (unpaired) electrons. The molecule has 0 aromatic rings. The third-order valence-corrected chi connectivity index (χ3v) is 6.81. The maximum atomic E-state index is 6.38. The Bertz CT molecular complexity index is 345. The summed E-state index contributed by atoms with van der Waals surface area (Å²) < 4.78 is 0. The lowest BCUT2D eigenvalue weighted by Crippen LogP contribution is -2.66. The zero-order chi connectivity index (χ0) is 12.9. The number of nitrogens with zero attached hydrogens (tertiary/aromatic N) is 2. The summed E-state index contributed by atoms with van der Waals surface area (Å²) in [4.78, 5) is 5.59. The fourth-order valence-corrected chi connectivity index (χ4v) is 5.80. The second-order valence-electron chi connectivity index (χ2n) is 7.44. The number of hydrogen-bond acceptors (Lipinski definition) is 3. The summed E-state index contributed by atoms with van der Waals surface area (Å²) in [6.07, 6.45) is 10.0. The van der Waals surface area contributed by atoms with Crippen LogP contribution in [0.15, 0.2) is 0 Å². The van der Waals surface area contributed by atoms with Crippen molar-refractivity contribution < 1.29 is 0 Å². The van der Waals surface area contributed by atoms with Crippen molar-refractivity contribution in [2.75, 3.05) is 32.7 Å². The summed E-state index contributed by atoms with van der Waals surface area (Å²) in [5, 5.41) is 0. The van der Waals surface area contributed by atoms with Gasteiger partial charge >= 0.3 is 0 Å². The molecule has 5 atom stereocenters. The monoisotopic (exact) mass is 263 g/mol. The standard InChI is InChI=1S/C16H29N3/c17-12-16(7-10-18-9-6-14(16)11-18)19-8-2-4-13-3-1-5-15(13)19/h13-15H,1-12,17H2. The first kappa shape index (κ1) is 12.6. The molecular weight excluding hydrogens is 234 g/mol. The minimum absolute atomic E-state index is 0.362. The van der Waals surface area contributed by atoms with Gasteiger partial charge < -0.3 is 10.6 Å². The zero-order valence-electron chi connectivity index (χ0n) is 12.2. The minimum atomic E-state index is 0.362. The van der Waals surface area contributed by atoms with Crippen LogP contribution in [0, 0.1) is 11.8 Å². The molecule has 19 heavy (non-hydrogen) atoms. The zero-order valence-corrected chi connectivity index (χ0v) is 12.2. The molecule has 3 saturated heterocycles. The van der Waals surface area contributed by atoms with E-state index in [-0.39, 0.29) is 0 Å². The lowest BCUT2D eigenvalue weighted by Gasteiger charge is -2.55. The molecule has 3 heterocycles. The summed E-state index contributed by atoms with van der Waals surface area (Å²) in [5.74, 6) is 1.85. The van der Waals surface area contributed by atoms with E-state index in [2.05, 4.69) is 9.80 Å². The Morgan fingerprint density at radius 2 is 1.89 bits per heavy atom. The molecule has 0 aromatic carbocycles. The molecule has 2 N–H and O–H groups in total. The largest absolute Gasteiger partial charge is 0.329 e. The Morgan fingerprint density at radius 1 is 1.00 bits per heavy atom. The SMILES string of the molecule is NCC1(N2CCCC3CCCC32)CCN2CCC1C2. The Hall–Kier alpha value is -0.120. The summed E-state index contributed by atoms with van der Waals surface area (Å²) >= 11 is 0. The average molecular weight is 263 g/mol. The third-order valence-electron chi connectivity index (χ3n) is 6.81. The van der Waals surface area contributed by atoms with E-state index in [1.807, 2.05) is 0 Å². The normalized spacial score (nSPS) is 50.4. The van der Waals surface area contributed by atoms with Gasteiger partial charge in [-0.25, -0.2) is 0 Å². The van der Waals surface area contributed by atoms with Crippen LogP contribution in [0.4, 0.5) is 0 Å². The van der Waals surface area contributed by atoms with Crippen molar-refractivity contribution >= 4 is 0 Å². The first-order valence-corrected chi connectivity index (χ1v) is 8.53. The highest BCUT2D eigenvalue weighted by molar-refractivity contribution is 5.08. The van der Waals surface area contributed by atoms with Crippen molar-refractivity contribution in [2.45, 2.75) is 56.5 Å². The maximum Gasteiger partial charge on any atom is 0.0387 e. The molecule has 108 valence electrons. The first-order valence-electron chi connectivity index (χ1n) is 8.53. The van der Waals surface area contributed by atoms with Gasteiger partial charge in [0, 0.05) is 24.7 Å². The van der Waals surface area contributed by atoms with Crippen LogP contribution in [0.25, 0.3) is 0 Å². The van der Waals surface area contributed by atoms with Crippen molar-refractivity contribution in [1.29, 1.82) is 0 Å². The highest BCUT2D eigenvalue weighted by Gasteiger charge is 2.52. The molecule has 0 amide bonds. The van der Waals surface area contributed by atoms with Gasteiger partial charge in [0.1, 0.15) is 0 Å². The number of nitrogens with two attached hydrogens (primary N) is 1. The van der Waals surface area contributed by atoms with Gasteiger partial charge in [-0.05, 0) is 70.0 Å². The van der Waals surface area contributed by atoms with E-state index in [4.69, 9.17) is 5.73 Å². The molecule has 2 bridgehead atoms. The van der Waals surface area contributed by atoms with Crippen LogP contribution in [0.2, 0.25) is 0 Å². The van der Waals surface area contributed by atoms with E-state index < -0.39 is 0 Å². The second kappa shape index (κ2) is 4.71. The van der Waals surface area contributed by atoms with Gasteiger partial charge in [-0.2, -0.15) is 0 Å². The van der Waals surface area contributed by atoms with Crippen molar-refractivity contribution in [1.82, 2.24) is 9.80 Å². The smallest absolute Gasteiger partial charge is 0.0387 e. The highest BCUT2D eigenvalue weighted by Crippen LogP contribution is 2.46. The summed E-state index contributed by atoms with van der Waals surface area (Å²) in [7, 11) is 0. The molecule has 3 aliphatic heterocycles. The van der Waals surface area contributed by atoms with Gasteiger partial charge in [-0.3, -0.25) is 4.90 Å². The Kier molecular flexibility index (Phi) is 3.13. The predicted octanol–water partition coefficient (Wildman–Crippen LogP) is 1.67. The van der Waals surface area contributed by atoms with Crippen molar-refractivity contribution in [2.24, 2.45) is 17.6 Å². The number of likely N-dealkylation sites (tertiary alicyclic amines) is 1. The fourth-order valence-electron chi connectivity index (χ4n) is 5.80. The van der Waals surface area contributed by atoms with Crippen LogP contribution in [0.1, 0.15) is 44.9 Å². The lowest BCUT2D eigenvalue weighted by atomic mass is 9.74. The summed E-state index contributed by atoms with van der Waals surface area (Å²) in [5.41, 5.74) is 6.74. The molecule has 4 rings (SSSR count). The second-order valence-corrected chi connectivity index (χ2v) is 7.44. The number of rotatable bonds is 2. The van der Waals surface area contributed by atoms with E-state index in [0.29, 0.717) is 5.54 Å². The maximum absolute atomic E-state index is 6.38. The van der Waals surface area contributed by atoms with Crippen LogP contribution in [-0.2, 0) is 0 Å². The molecule has 3 heteroatoms. The average Bonchev–Trinajstić information content (AvgIpc) is 3.07. The van der Waals surface area contributed by atoms with Crippen molar-refractivity contribution in [3.8, 4) is 0 Å². The molecule has 3 nitrogen and oxygen atoms in total. The van der Waals surface area contributed by atoms with E-state index in [9.17, 15) is 0 Å². The van der Waals surface area contributed by atoms with Crippen LogP contribution >= 0.6 is 0 Å². The molecule has 0 spiro atoms. The van der Waals surface area contributed by atoms with E-state index in [1.54, 1.807) is 0 Å². The first-order chi connectivity index (χ1) is 9.33. The Morgan fingerprint density at radius 3 is 2.79 bits per heavy atom. The minimum Gasteiger partial charge on any atom is -0.329 e. The van der Waals surface area contributed by atoms with Crippen molar-refractivity contribution in [3.63, 3.8) is 0 Å². The number of hydrogen-bond donors (Lipinski definition) is 1. The van der Waals surface area contributed by atoms with Gasteiger partial charge in [-0.1, -0.05) is 6.42 Å². The van der Waals surface area contributed by atoms with Gasteiger partial charge in [0.05, 0.1) is 0 Å². The molecule has 4 fully saturated rings. The highest BCUT2D eigenvalue weighted by atomic mass is 15.3. The van der Waals surface area contributed by atoms with Gasteiger partial charge in [0.25, 0.3) is 0 Å². The number of piperidine rings is 2. The van der Waals surface area contributed by atoms with Crippen LogP contribution in [0.3, 0.4) is 0 Å². The quantitative estimate of drug-likeness (QED) is 0.822. The van der Waals surface area contributed by atoms with Gasteiger partial charge in [0.15, 0.2) is 0 Å². The molecule has 1 aliphatic carbocycles. The van der Waals surface area contributed by atoms with E-state index in [1.165, 1.54) is 71.1 Å². The molecule has 5 unspecified atom stereocenters. The molecule has 0 aromatic heterocycles. The van der Waals surface area contributed by atoms with Crippen LogP contribution in [0.5, 0.6) is 0 Å². The van der Waals surface area contributed by atoms with Gasteiger partial charge in [-0.15, -0.1) is 0 Å². The van der Waals surface area contributed by atoms with Gasteiger partial charge in [0.2, 0.25) is 0 Å². The topological polar surface area (TPSA) is 32.5 Å². The molecular formula is C16H29N3. The van der Waals surface area contributed by atoms with E-state index >= 15 is 0 Å². The predicted molar refractivity (Wildman–Crippen MR) is 78.0 cm³/mol. The Balaban J connectivity index is 1.63. The fraction of sp³-hybridized carbons (Fsp3) is 1.00. The number of fused-ring (bicyclic) bond motifs is 3. The lowest BCUT2D eigenvalue weighted by molar-refractivity contribution is -0.0499. The summed E-state index contributed by atoms with van der Waals surface area (Å²) in [6, 6.07) is 0.879. The van der Waals surface area contributed by atoms with Crippen LogP contribution < -0.4 is 5.73 Å². The molecule has 1 saturated carbocycles. The van der Waals surface area contributed by atoms with Crippen LogP contribution in [-0.4, -0.2) is 54.1 Å². The molecule has 4 aliphatic rings. The third kappa shape index (κ3) is 1.81. The van der Waals surface area contributed by atoms with Crippen molar-refractivity contribution in [3.05, 3.63) is 0 Å². The van der Waals surface area contributed by atoms with E-state index in [0.717, 1.165) is 24.4 Å².